The molecule has 0 unspecified atom stereocenters. The predicted octanol–water partition coefficient (Wildman–Crippen LogP) is 7.13. The number of benzene rings is 4. The first-order valence-electron chi connectivity index (χ1n) is 15.7. The number of nitriles is 1. The Morgan fingerprint density at radius 1 is 0.804 bits per heavy atom. The molecule has 0 bridgehead atoms. The number of aromatic hydroxyl groups is 1. The highest BCUT2D eigenvalue weighted by molar-refractivity contribution is 7.89. The number of amides is 1. The second-order valence-electron chi connectivity index (χ2n) is 12.0. The van der Waals surface area contributed by atoms with Gasteiger partial charge in [-0.25, -0.2) is 35.2 Å². The topological polar surface area (TPSA) is 139 Å². The molecule has 9 nitrogen and oxygen atoms in total. The average molecular weight is 728 g/mol. The molecular formula is C36H30F5N3O6S. The molecule has 0 heterocycles. The zero-order valence-corrected chi connectivity index (χ0v) is 27.6. The second kappa shape index (κ2) is 15.3. The molecule has 0 atom stereocenters. The molecule has 51 heavy (non-hydrogen) atoms. The molecule has 1 aliphatic rings. The summed E-state index contributed by atoms with van der Waals surface area (Å²) in [5, 5.41) is 29.2. The zero-order chi connectivity index (χ0) is 37.0. The minimum Gasteiger partial charge on any atom is -0.507 e. The van der Waals surface area contributed by atoms with E-state index in [0.717, 1.165) is 54.7 Å². The number of hydrogen-bond donors (Lipinski definition) is 2. The summed E-state index contributed by atoms with van der Waals surface area (Å²) in [5.74, 6) is -15.8. The van der Waals surface area contributed by atoms with Crippen LogP contribution in [0.4, 0.5) is 27.6 Å². The van der Waals surface area contributed by atoms with Crippen molar-refractivity contribution in [1.29, 1.82) is 5.26 Å². The van der Waals surface area contributed by atoms with Gasteiger partial charge in [0.05, 0.1) is 24.7 Å². The van der Waals surface area contributed by atoms with Crippen LogP contribution in [0.2, 0.25) is 0 Å². The Kier molecular flexibility index (Phi) is 11.1. The Balaban J connectivity index is 1.57. The van der Waals surface area contributed by atoms with Gasteiger partial charge >= 0.3 is 5.97 Å². The number of carbonyl (C=O) groups excluding carboxylic acids is 1. The Bertz CT molecular complexity index is 2110. The van der Waals surface area contributed by atoms with Crippen LogP contribution in [-0.2, 0) is 27.9 Å². The smallest absolute Gasteiger partial charge is 0.339 e. The molecule has 0 saturated heterocycles. The molecule has 0 spiro atoms. The quantitative estimate of drug-likeness (QED) is 0.0953. The molecule has 0 radical (unpaired) electrons. The van der Waals surface area contributed by atoms with Crippen molar-refractivity contribution in [3.8, 4) is 11.8 Å². The molecule has 4 aromatic rings. The fourth-order valence-electron chi connectivity index (χ4n) is 6.05. The normalized spacial score (nSPS) is 13.6. The van der Waals surface area contributed by atoms with Gasteiger partial charge < -0.3 is 15.1 Å². The van der Waals surface area contributed by atoms with E-state index in [-0.39, 0.29) is 27.7 Å². The van der Waals surface area contributed by atoms with E-state index in [0.29, 0.717) is 11.5 Å². The lowest BCUT2D eigenvalue weighted by Gasteiger charge is -2.28. The fraction of sp³-hybridized carbons (Fsp3) is 0.250. The molecule has 0 aromatic heterocycles. The van der Waals surface area contributed by atoms with Gasteiger partial charge in [0.1, 0.15) is 11.3 Å². The molecule has 1 saturated carbocycles. The van der Waals surface area contributed by atoms with Gasteiger partial charge in [-0.05, 0) is 59.7 Å². The molecule has 1 aliphatic carbocycles. The highest BCUT2D eigenvalue weighted by Gasteiger charge is 2.39. The van der Waals surface area contributed by atoms with Crippen molar-refractivity contribution in [1.82, 2.24) is 4.31 Å². The van der Waals surface area contributed by atoms with Crippen LogP contribution in [0.3, 0.4) is 0 Å². The summed E-state index contributed by atoms with van der Waals surface area (Å²) < 4.78 is 100. The lowest BCUT2D eigenvalue weighted by atomic mass is 9.84. The maximum absolute atomic E-state index is 14.9. The Morgan fingerprint density at radius 2 is 1.43 bits per heavy atom. The van der Waals surface area contributed by atoms with E-state index < -0.39 is 80.3 Å². The summed E-state index contributed by atoms with van der Waals surface area (Å²) in [5.41, 5.74) is 1.08. The number of carboxylic acid groups (broad SMARTS) is 1. The van der Waals surface area contributed by atoms with E-state index in [4.69, 9.17) is 0 Å². The third-order valence-electron chi connectivity index (χ3n) is 8.72. The molecular weight excluding hydrogens is 697 g/mol. The lowest BCUT2D eigenvalue weighted by molar-refractivity contribution is -0.119. The second-order valence-corrected chi connectivity index (χ2v) is 13.9. The van der Waals surface area contributed by atoms with E-state index in [1.165, 1.54) is 30.3 Å². The van der Waals surface area contributed by atoms with Crippen molar-refractivity contribution in [3.05, 3.63) is 124 Å². The number of nitrogens with zero attached hydrogens (tertiary/aromatic N) is 3. The Hall–Kier alpha value is -5.33. The zero-order valence-electron chi connectivity index (χ0n) is 26.8. The summed E-state index contributed by atoms with van der Waals surface area (Å²) in [4.78, 5) is 24.5. The molecule has 4 aromatic carbocycles. The highest BCUT2D eigenvalue weighted by Crippen LogP contribution is 2.34. The molecule has 5 rings (SSSR count). The number of halogens is 5. The SMILES string of the molecule is N#Cc1cccc(CN(CC(=O)N(Cc2ccc(C3CCCCC3)cc2)c2ccc(C(=O)O)c(O)c2)S(=O)(=O)c2c(F)c(F)c(F)c(F)c2F)c1. The summed E-state index contributed by atoms with van der Waals surface area (Å²) in [6.45, 7) is -2.35. The third kappa shape index (κ3) is 7.87. The van der Waals surface area contributed by atoms with Crippen LogP contribution in [0, 0.1) is 40.4 Å². The maximum Gasteiger partial charge on any atom is 0.339 e. The van der Waals surface area contributed by atoms with Gasteiger partial charge in [0.2, 0.25) is 21.7 Å². The van der Waals surface area contributed by atoms with Crippen molar-refractivity contribution in [2.24, 2.45) is 0 Å². The average Bonchev–Trinajstić information content (AvgIpc) is 3.12. The highest BCUT2D eigenvalue weighted by atomic mass is 32.2. The molecule has 15 heteroatoms. The van der Waals surface area contributed by atoms with Crippen molar-refractivity contribution >= 4 is 27.6 Å². The number of rotatable bonds is 11. The third-order valence-corrected chi connectivity index (χ3v) is 10.5. The number of sulfonamides is 1. The van der Waals surface area contributed by atoms with Crippen molar-refractivity contribution in [2.45, 2.75) is 56.0 Å². The minimum absolute atomic E-state index is 0.0302. The first kappa shape index (κ1) is 36.9. The van der Waals surface area contributed by atoms with Gasteiger partial charge in [-0.1, -0.05) is 55.7 Å². The van der Waals surface area contributed by atoms with Crippen LogP contribution in [0.15, 0.2) is 71.6 Å². The van der Waals surface area contributed by atoms with Crippen molar-refractivity contribution in [2.75, 3.05) is 11.4 Å². The van der Waals surface area contributed by atoms with Gasteiger partial charge in [0.25, 0.3) is 0 Å². The largest absolute Gasteiger partial charge is 0.507 e. The van der Waals surface area contributed by atoms with Crippen LogP contribution in [-0.4, -0.2) is 41.4 Å². The summed E-state index contributed by atoms with van der Waals surface area (Å²) in [7, 11) is -5.69. The minimum atomic E-state index is -5.69. The summed E-state index contributed by atoms with van der Waals surface area (Å²) in [6.07, 6.45) is 5.37. The number of anilines is 1. The Labute approximate surface area is 289 Å². The van der Waals surface area contributed by atoms with Crippen LogP contribution in [0.1, 0.15) is 70.6 Å². The number of carboxylic acids is 1. The predicted molar refractivity (Wildman–Crippen MR) is 174 cm³/mol. The van der Waals surface area contributed by atoms with Crippen LogP contribution < -0.4 is 4.90 Å². The van der Waals surface area contributed by atoms with E-state index >= 15 is 0 Å². The molecule has 266 valence electrons. The van der Waals surface area contributed by atoms with E-state index in [1.807, 2.05) is 18.2 Å². The summed E-state index contributed by atoms with van der Waals surface area (Å²) in [6, 6.07) is 17.5. The molecule has 2 N–H and O–H groups in total. The molecule has 1 fully saturated rings. The van der Waals surface area contributed by atoms with E-state index in [9.17, 15) is 55.4 Å². The Morgan fingerprint density at radius 3 is 2.02 bits per heavy atom. The molecule has 0 aliphatic heterocycles. The van der Waals surface area contributed by atoms with Gasteiger partial charge in [-0.15, -0.1) is 0 Å². The number of phenols is 1. The lowest BCUT2D eigenvalue weighted by Crippen LogP contribution is -2.43. The van der Waals surface area contributed by atoms with Gasteiger partial charge in [-0.3, -0.25) is 4.79 Å². The van der Waals surface area contributed by atoms with E-state index in [2.05, 4.69) is 0 Å². The fourth-order valence-corrected chi connectivity index (χ4v) is 7.54. The summed E-state index contributed by atoms with van der Waals surface area (Å²) >= 11 is 0. The van der Waals surface area contributed by atoms with E-state index in [1.54, 1.807) is 12.1 Å². The standard InChI is InChI=1S/C36H30F5N3O6S/c37-30-31(38)33(40)35(34(41)32(30)39)51(49,50)43(18-23-6-4-5-22(15-23)17-42)20-29(46)44(26-13-14-27(36(47)48)28(45)16-26)19-21-9-11-25(12-10-21)24-7-2-1-3-8-24/h4-6,9-16,24,45H,1-3,7-8,18-20H2,(H,47,48). The van der Waals surface area contributed by atoms with Crippen molar-refractivity contribution < 1.29 is 50.2 Å². The number of hydrogen-bond acceptors (Lipinski definition) is 6. The van der Waals surface area contributed by atoms with Gasteiger partial charge in [-0.2, -0.15) is 9.57 Å². The number of aromatic carboxylic acids is 1. The van der Waals surface area contributed by atoms with Crippen LogP contribution >= 0.6 is 0 Å². The van der Waals surface area contributed by atoms with Gasteiger partial charge in [0, 0.05) is 18.3 Å². The van der Waals surface area contributed by atoms with Crippen LogP contribution in [0.25, 0.3) is 0 Å². The first-order valence-corrected chi connectivity index (χ1v) is 17.1. The number of carbonyl (C=O) groups is 2. The first-order chi connectivity index (χ1) is 24.2. The molecule has 1 amide bonds. The van der Waals surface area contributed by atoms with Crippen LogP contribution in [0.5, 0.6) is 5.75 Å². The van der Waals surface area contributed by atoms with Gasteiger partial charge in [0.15, 0.2) is 28.2 Å². The van der Waals surface area contributed by atoms with Crippen molar-refractivity contribution in [3.63, 3.8) is 0 Å². The monoisotopic (exact) mass is 727 g/mol. The maximum atomic E-state index is 14.9.